The Labute approximate surface area is 101 Å². The van der Waals surface area contributed by atoms with Crippen LogP contribution in [0.4, 0.5) is 5.69 Å². The lowest BCUT2D eigenvalue weighted by atomic mass is 10.2. The summed E-state index contributed by atoms with van der Waals surface area (Å²) in [7, 11) is 0. The second kappa shape index (κ2) is 5.80. The molecule has 0 radical (unpaired) electrons. The summed E-state index contributed by atoms with van der Waals surface area (Å²) in [6.07, 6.45) is 1.16. The highest BCUT2D eigenvalue weighted by Crippen LogP contribution is 2.13. The van der Waals surface area contributed by atoms with Gasteiger partial charge < -0.3 is 15.4 Å². The van der Waals surface area contributed by atoms with Crippen molar-refractivity contribution in [3.05, 3.63) is 29.8 Å². The summed E-state index contributed by atoms with van der Waals surface area (Å²) in [6.45, 7) is 3.92. The van der Waals surface area contributed by atoms with Gasteiger partial charge in [-0.3, -0.25) is 4.79 Å². The molecule has 1 aliphatic rings. The number of benzene rings is 1. The van der Waals surface area contributed by atoms with Crippen LogP contribution >= 0.6 is 0 Å². The van der Waals surface area contributed by atoms with Gasteiger partial charge in [-0.1, -0.05) is 18.2 Å². The quantitative estimate of drug-likeness (QED) is 0.826. The van der Waals surface area contributed by atoms with Crippen LogP contribution in [0.25, 0.3) is 0 Å². The highest BCUT2D eigenvalue weighted by molar-refractivity contribution is 5.92. The summed E-state index contributed by atoms with van der Waals surface area (Å²) >= 11 is 0. The van der Waals surface area contributed by atoms with Gasteiger partial charge in [0.1, 0.15) is 6.61 Å². The maximum Gasteiger partial charge on any atom is 0.250 e. The molecule has 1 aromatic rings. The fourth-order valence-corrected chi connectivity index (χ4v) is 1.86. The van der Waals surface area contributed by atoms with Gasteiger partial charge >= 0.3 is 0 Å². The number of carbonyl (C=O) groups excluding carboxylic acids is 1. The Bertz CT molecular complexity index is 387. The first-order chi connectivity index (χ1) is 8.25. The van der Waals surface area contributed by atoms with Gasteiger partial charge in [0.15, 0.2) is 0 Å². The molecule has 1 heterocycles. The molecule has 1 aromatic carbocycles. The first kappa shape index (κ1) is 12.1. The largest absolute Gasteiger partial charge is 0.367 e. The van der Waals surface area contributed by atoms with E-state index in [1.807, 2.05) is 31.2 Å². The van der Waals surface area contributed by atoms with Gasteiger partial charge in [-0.2, -0.15) is 0 Å². The number of anilines is 1. The molecule has 2 rings (SSSR count). The van der Waals surface area contributed by atoms with E-state index in [4.69, 9.17) is 4.74 Å². The summed E-state index contributed by atoms with van der Waals surface area (Å²) in [5, 5.41) is 6.05. The fraction of sp³-hybridized carbons (Fsp3) is 0.462. The van der Waals surface area contributed by atoms with Crippen LogP contribution in [0.3, 0.4) is 0 Å². The molecule has 1 aliphatic heterocycles. The number of aryl methyl sites for hydroxylation is 1. The second-order valence-corrected chi connectivity index (χ2v) is 4.29. The van der Waals surface area contributed by atoms with Crippen molar-refractivity contribution in [2.75, 3.05) is 25.0 Å². The van der Waals surface area contributed by atoms with Gasteiger partial charge in [0.05, 0.1) is 6.10 Å². The Morgan fingerprint density at radius 1 is 1.53 bits per heavy atom. The molecule has 92 valence electrons. The number of hydrogen-bond acceptors (Lipinski definition) is 3. The summed E-state index contributed by atoms with van der Waals surface area (Å²) in [4.78, 5) is 11.7. The van der Waals surface area contributed by atoms with Gasteiger partial charge in [0.25, 0.3) is 0 Å². The third-order valence-corrected chi connectivity index (χ3v) is 2.88. The average Bonchev–Trinajstić information content (AvgIpc) is 2.82. The molecule has 1 amide bonds. The molecule has 0 bridgehead atoms. The van der Waals surface area contributed by atoms with Crippen molar-refractivity contribution in [3.8, 4) is 0 Å². The molecule has 0 aromatic heterocycles. The van der Waals surface area contributed by atoms with Crippen LogP contribution in [0, 0.1) is 6.92 Å². The van der Waals surface area contributed by atoms with E-state index in [2.05, 4.69) is 10.6 Å². The summed E-state index contributed by atoms with van der Waals surface area (Å²) < 4.78 is 5.50. The SMILES string of the molecule is Cc1ccccc1NC(=O)COC1CCNC1. The molecule has 1 fully saturated rings. The van der Waals surface area contributed by atoms with Crippen molar-refractivity contribution in [2.45, 2.75) is 19.4 Å². The molecule has 1 saturated heterocycles. The lowest BCUT2D eigenvalue weighted by Crippen LogP contribution is -2.24. The zero-order chi connectivity index (χ0) is 12.1. The molecule has 4 nitrogen and oxygen atoms in total. The van der Waals surface area contributed by atoms with Crippen LogP contribution in [-0.4, -0.2) is 31.7 Å². The van der Waals surface area contributed by atoms with Gasteiger partial charge in [-0.05, 0) is 31.5 Å². The van der Waals surface area contributed by atoms with E-state index >= 15 is 0 Å². The van der Waals surface area contributed by atoms with Crippen molar-refractivity contribution in [1.82, 2.24) is 5.32 Å². The van der Waals surface area contributed by atoms with Gasteiger partial charge in [0, 0.05) is 12.2 Å². The van der Waals surface area contributed by atoms with E-state index in [9.17, 15) is 4.79 Å². The van der Waals surface area contributed by atoms with E-state index in [-0.39, 0.29) is 18.6 Å². The van der Waals surface area contributed by atoms with E-state index in [1.165, 1.54) is 0 Å². The molecular weight excluding hydrogens is 216 g/mol. The van der Waals surface area contributed by atoms with Crippen molar-refractivity contribution in [1.29, 1.82) is 0 Å². The summed E-state index contributed by atoms with van der Waals surface area (Å²) in [6, 6.07) is 7.72. The van der Waals surface area contributed by atoms with Crippen LogP contribution in [0.15, 0.2) is 24.3 Å². The molecule has 0 saturated carbocycles. The second-order valence-electron chi connectivity index (χ2n) is 4.29. The number of nitrogens with one attached hydrogen (secondary N) is 2. The topological polar surface area (TPSA) is 50.4 Å². The Balaban J connectivity index is 1.79. The third-order valence-electron chi connectivity index (χ3n) is 2.88. The van der Waals surface area contributed by atoms with Crippen LogP contribution in [0.2, 0.25) is 0 Å². The zero-order valence-corrected chi connectivity index (χ0v) is 10.0. The molecule has 17 heavy (non-hydrogen) atoms. The molecular formula is C13H18N2O2. The van der Waals surface area contributed by atoms with Gasteiger partial charge in [0.2, 0.25) is 5.91 Å². The van der Waals surface area contributed by atoms with Crippen molar-refractivity contribution >= 4 is 11.6 Å². The predicted molar refractivity (Wildman–Crippen MR) is 67.0 cm³/mol. The maximum atomic E-state index is 11.7. The zero-order valence-electron chi connectivity index (χ0n) is 10.0. The molecule has 0 aliphatic carbocycles. The van der Waals surface area contributed by atoms with Gasteiger partial charge in [-0.15, -0.1) is 0 Å². The smallest absolute Gasteiger partial charge is 0.250 e. The minimum absolute atomic E-state index is 0.0915. The van der Waals surface area contributed by atoms with Crippen molar-refractivity contribution in [2.24, 2.45) is 0 Å². The van der Waals surface area contributed by atoms with Crippen LogP contribution in [0.5, 0.6) is 0 Å². The normalized spacial score (nSPS) is 19.2. The first-order valence-electron chi connectivity index (χ1n) is 5.93. The minimum Gasteiger partial charge on any atom is -0.367 e. The Kier molecular flexibility index (Phi) is 4.12. The molecule has 2 N–H and O–H groups in total. The van der Waals surface area contributed by atoms with Crippen molar-refractivity contribution in [3.63, 3.8) is 0 Å². The van der Waals surface area contributed by atoms with Crippen molar-refractivity contribution < 1.29 is 9.53 Å². The molecule has 1 unspecified atom stereocenters. The van der Waals surface area contributed by atoms with Gasteiger partial charge in [-0.25, -0.2) is 0 Å². The fourth-order valence-electron chi connectivity index (χ4n) is 1.86. The van der Waals surface area contributed by atoms with Crippen LogP contribution in [0.1, 0.15) is 12.0 Å². The monoisotopic (exact) mass is 234 g/mol. The maximum absolute atomic E-state index is 11.7. The Hall–Kier alpha value is -1.39. The first-order valence-corrected chi connectivity index (χ1v) is 5.93. The molecule has 1 atom stereocenters. The number of para-hydroxylation sites is 1. The number of amides is 1. The number of carbonyl (C=O) groups is 1. The highest BCUT2D eigenvalue weighted by atomic mass is 16.5. The van der Waals surface area contributed by atoms with E-state index in [0.717, 1.165) is 30.8 Å². The lowest BCUT2D eigenvalue weighted by Gasteiger charge is -2.11. The average molecular weight is 234 g/mol. The van der Waals surface area contributed by atoms with Crippen LogP contribution in [-0.2, 0) is 9.53 Å². The highest BCUT2D eigenvalue weighted by Gasteiger charge is 2.16. The standard InChI is InChI=1S/C13H18N2O2/c1-10-4-2-3-5-12(10)15-13(16)9-17-11-6-7-14-8-11/h2-5,11,14H,6-9H2,1H3,(H,15,16). The van der Waals surface area contributed by atoms with E-state index in [0.29, 0.717) is 0 Å². The van der Waals surface area contributed by atoms with E-state index < -0.39 is 0 Å². The number of hydrogen-bond donors (Lipinski definition) is 2. The Morgan fingerprint density at radius 3 is 3.06 bits per heavy atom. The number of rotatable bonds is 4. The summed E-state index contributed by atoms with van der Waals surface area (Å²) in [5.74, 6) is -0.0915. The lowest BCUT2D eigenvalue weighted by molar-refractivity contribution is -0.122. The van der Waals surface area contributed by atoms with E-state index in [1.54, 1.807) is 0 Å². The molecule has 0 spiro atoms. The molecule has 4 heteroatoms. The number of ether oxygens (including phenoxy) is 1. The minimum atomic E-state index is -0.0915. The third kappa shape index (κ3) is 3.54. The predicted octanol–water partition coefficient (Wildman–Crippen LogP) is 1.31. The van der Waals surface area contributed by atoms with Crippen LogP contribution < -0.4 is 10.6 Å². The summed E-state index contributed by atoms with van der Waals surface area (Å²) in [5.41, 5.74) is 1.91. The Morgan fingerprint density at radius 2 is 2.35 bits per heavy atom.